The monoisotopic (exact) mass is 185 g/mol. The first-order valence-electron chi connectivity index (χ1n) is 3.80. The SMILES string of the molecule is NC[C@H](N)c1c(F)ccc(N)c1O. The van der Waals surface area contributed by atoms with E-state index in [1.54, 1.807) is 0 Å². The topological polar surface area (TPSA) is 98.3 Å². The smallest absolute Gasteiger partial charge is 0.146 e. The number of aromatic hydroxyl groups is 1. The van der Waals surface area contributed by atoms with Crippen molar-refractivity contribution in [1.82, 2.24) is 0 Å². The molecule has 0 heterocycles. The van der Waals surface area contributed by atoms with Crippen molar-refractivity contribution in [2.45, 2.75) is 6.04 Å². The summed E-state index contributed by atoms with van der Waals surface area (Å²) >= 11 is 0. The van der Waals surface area contributed by atoms with Crippen molar-refractivity contribution in [3.63, 3.8) is 0 Å². The summed E-state index contributed by atoms with van der Waals surface area (Å²) in [6.45, 7) is 0.0495. The predicted octanol–water partition coefficient (Wildman–Crippen LogP) is 0.0720. The molecule has 4 nitrogen and oxygen atoms in total. The lowest BCUT2D eigenvalue weighted by molar-refractivity contribution is 0.452. The van der Waals surface area contributed by atoms with Crippen LogP contribution in [0.2, 0.25) is 0 Å². The van der Waals surface area contributed by atoms with E-state index in [1.807, 2.05) is 0 Å². The van der Waals surface area contributed by atoms with Gasteiger partial charge >= 0.3 is 0 Å². The van der Waals surface area contributed by atoms with Gasteiger partial charge in [0.15, 0.2) is 0 Å². The molecule has 1 aromatic carbocycles. The summed E-state index contributed by atoms with van der Waals surface area (Å²) in [4.78, 5) is 0. The molecule has 0 saturated carbocycles. The molecular weight excluding hydrogens is 173 g/mol. The number of phenolic OH excluding ortho intramolecular Hbond substituents is 1. The van der Waals surface area contributed by atoms with Gasteiger partial charge in [-0.15, -0.1) is 0 Å². The lowest BCUT2D eigenvalue weighted by Gasteiger charge is -2.13. The summed E-state index contributed by atoms with van der Waals surface area (Å²) in [5.74, 6) is -0.914. The molecule has 0 radical (unpaired) electrons. The molecule has 0 amide bonds. The van der Waals surface area contributed by atoms with E-state index in [4.69, 9.17) is 17.2 Å². The summed E-state index contributed by atoms with van der Waals surface area (Å²) in [7, 11) is 0. The largest absolute Gasteiger partial charge is 0.505 e. The summed E-state index contributed by atoms with van der Waals surface area (Å²) in [5.41, 5.74) is 16.2. The van der Waals surface area contributed by atoms with Crippen LogP contribution in [0, 0.1) is 5.82 Å². The fourth-order valence-electron chi connectivity index (χ4n) is 1.07. The Labute approximate surface area is 75.1 Å². The quantitative estimate of drug-likeness (QED) is 0.387. The Morgan fingerprint density at radius 2 is 2.08 bits per heavy atom. The van der Waals surface area contributed by atoms with Crippen LogP contribution in [0.1, 0.15) is 11.6 Å². The molecule has 0 saturated heterocycles. The van der Waals surface area contributed by atoms with Crippen LogP contribution in [0.25, 0.3) is 0 Å². The van der Waals surface area contributed by atoms with Gasteiger partial charge in [0.2, 0.25) is 0 Å². The van der Waals surface area contributed by atoms with E-state index in [-0.39, 0.29) is 23.5 Å². The second kappa shape index (κ2) is 3.59. The van der Waals surface area contributed by atoms with Crippen LogP contribution in [0.3, 0.4) is 0 Å². The molecule has 1 atom stereocenters. The van der Waals surface area contributed by atoms with E-state index in [2.05, 4.69) is 0 Å². The van der Waals surface area contributed by atoms with Crippen molar-refractivity contribution < 1.29 is 9.50 Å². The Morgan fingerprint density at radius 3 is 2.62 bits per heavy atom. The Hall–Kier alpha value is -1.33. The van der Waals surface area contributed by atoms with Crippen molar-refractivity contribution >= 4 is 5.69 Å². The molecule has 0 bridgehead atoms. The fraction of sp³-hybridized carbons (Fsp3) is 0.250. The molecule has 0 aromatic heterocycles. The van der Waals surface area contributed by atoms with E-state index < -0.39 is 11.9 Å². The van der Waals surface area contributed by atoms with Gasteiger partial charge in [-0.05, 0) is 12.1 Å². The highest BCUT2D eigenvalue weighted by atomic mass is 19.1. The predicted molar refractivity (Wildman–Crippen MR) is 48.5 cm³/mol. The first kappa shape index (κ1) is 9.76. The zero-order valence-electron chi connectivity index (χ0n) is 7.00. The Kier molecular flexibility index (Phi) is 2.69. The molecular formula is C8H12FN3O. The van der Waals surface area contributed by atoms with Crippen molar-refractivity contribution in [3.05, 3.63) is 23.5 Å². The van der Waals surface area contributed by atoms with E-state index in [1.165, 1.54) is 6.07 Å². The maximum Gasteiger partial charge on any atom is 0.146 e. The number of anilines is 1. The third kappa shape index (κ3) is 1.71. The molecule has 0 unspecified atom stereocenters. The van der Waals surface area contributed by atoms with Crippen LogP contribution in [0.15, 0.2) is 12.1 Å². The lowest BCUT2D eigenvalue weighted by atomic mass is 10.0. The Bertz CT molecular complexity index is 317. The van der Waals surface area contributed by atoms with Crippen molar-refractivity contribution in [2.24, 2.45) is 11.5 Å². The van der Waals surface area contributed by atoms with Crippen LogP contribution in [0.5, 0.6) is 5.75 Å². The summed E-state index contributed by atoms with van der Waals surface area (Å²) in [6, 6.07) is 1.70. The van der Waals surface area contributed by atoms with Gasteiger partial charge in [-0.1, -0.05) is 0 Å². The maximum absolute atomic E-state index is 13.1. The van der Waals surface area contributed by atoms with Crippen LogP contribution in [0.4, 0.5) is 10.1 Å². The van der Waals surface area contributed by atoms with Gasteiger partial charge in [-0.2, -0.15) is 0 Å². The van der Waals surface area contributed by atoms with Gasteiger partial charge in [-0.3, -0.25) is 0 Å². The second-order valence-electron chi connectivity index (χ2n) is 2.74. The molecule has 13 heavy (non-hydrogen) atoms. The van der Waals surface area contributed by atoms with Crippen molar-refractivity contribution in [2.75, 3.05) is 12.3 Å². The molecule has 0 aliphatic carbocycles. The van der Waals surface area contributed by atoms with Gasteiger partial charge in [-0.25, -0.2) is 4.39 Å². The number of benzene rings is 1. The molecule has 0 aliphatic rings. The minimum absolute atomic E-state index is 0.0255. The first-order valence-corrected chi connectivity index (χ1v) is 3.80. The third-order valence-electron chi connectivity index (χ3n) is 1.82. The van der Waals surface area contributed by atoms with E-state index >= 15 is 0 Å². The number of phenols is 1. The molecule has 1 aromatic rings. The van der Waals surface area contributed by atoms with E-state index in [0.29, 0.717) is 0 Å². The van der Waals surface area contributed by atoms with E-state index in [9.17, 15) is 9.50 Å². The van der Waals surface area contributed by atoms with Crippen LogP contribution >= 0.6 is 0 Å². The van der Waals surface area contributed by atoms with Crippen LogP contribution < -0.4 is 17.2 Å². The third-order valence-corrected chi connectivity index (χ3v) is 1.82. The highest BCUT2D eigenvalue weighted by Crippen LogP contribution is 2.30. The zero-order chi connectivity index (χ0) is 10.0. The minimum atomic E-state index is -0.733. The summed E-state index contributed by atoms with van der Waals surface area (Å²) in [6.07, 6.45) is 0. The second-order valence-corrected chi connectivity index (χ2v) is 2.74. The fourth-order valence-corrected chi connectivity index (χ4v) is 1.07. The number of halogens is 1. The van der Waals surface area contributed by atoms with Gasteiger partial charge in [0, 0.05) is 18.2 Å². The zero-order valence-corrected chi connectivity index (χ0v) is 7.00. The molecule has 1 rings (SSSR count). The van der Waals surface area contributed by atoms with E-state index in [0.717, 1.165) is 6.07 Å². The summed E-state index contributed by atoms with van der Waals surface area (Å²) in [5, 5.41) is 9.38. The number of rotatable bonds is 2. The molecule has 0 aliphatic heterocycles. The molecule has 5 heteroatoms. The van der Waals surface area contributed by atoms with Gasteiger partial charge in [0.1, 0.15) is 11.6 Å². The average molecular weight is 185 g/mol. The highest BCUT2D eigenvalue weighted by molar-refractivity contribution is 5.57. The number of hydrogen-bond donors (Lipinski definition) is 4. The van der Waals surface area contributed by atoms with Crippen LogP contribution in [-0.2, 0) is 0 Å². The van der Waals surface area contributed by atoms with Gasteiger partial charge in [0.25, 0.3) is 0 Å². The minimum Gasteiger partial charge on any atom is -0.505 e. The Balaban J connectivity index is 3.25. The molecule has 7 N–H and O–H groups in total. The standard InChI is InChI=1S/C8H12FN3O/c9-4-1-2-5(11)8(13)7(4)6(12)3-10/h1-2,6,13H,3,10-12H2/t6-/m0/s1. The Morgan fingerprint density at radius 1 is 1.46 bits per heavy atom. The number of hydrogen-bond acceptors (Lipinski definition) is 4. The molecule has 72 valence electrons. The van der Waals surface area contributed by atoms with Crippen molar-refractivity contribution in [1.29, 1.82) is 0 Å². The highest BCUT2D eigenvalue weighted by Gasteiger charge is 2.16. The van der Waals surface area contributed by atoms with Crippen molar-refractivity contribution in [3.8, 4) is 5.75 Å². The van der Waals surface area contributed by atoms with Gasteiger partial charge in [0.05, 0.1) is 5.69 Å². The summed E-state index contributed by atoms with van der Waals surface area (Å²) < 4.78 is 13.1. The maximum atomic E-state index is 13.1. The number of nitrogen functional groups attached to an aromatic ring is 1. The molecule has 0 fully saturated rings. The molecule has 0 spiro atoms. The van der Waals surface area contributed by atoms with Gasteiger partial charge < -0.3 is 22.3 Å². The lowest BCUT2D eigenvalue weighted by Crippen LogP contribution is -2.22. The number of nitrogens with two attached hydrogens (primary N) is 3. The van der Waals surface area contributed by atoms with Crippen LogP contribution in [-0.4, -0.2) is 11.7 Å². The average Bonchev–Trinajstić information content (AvgIpc) is 2.12. The normalized spacial score (nSPS) is 12.8. The first-order chi connectivity index (χ1) is 6.07.